The van der Waals surface area contributed by atoms with Crippen LogP contribution in [0.3, 0.4) is 0 Å². The van der Waals surface area contributed by atoms with Crippen molar-refractivity contribution in [1.82, 2.24) is 10.3 Å². The van der Waals surface area contributed by atoms with Crippen molar-refractivity contribution in [3.8, 4) is 0 Å². The first-order valence-electron chi connectivity index (χ1n) is 6.42. The Labute approximate surface area is 133 Å². The Bertz CT molecular complexity index is 674. The van der Waals surface area contributed by atoms with Crippen molar-refractivity contribution in [2.75, 3.05) is 6.54 Å². The minimum absolute atomic E-state index is 0.100. The summed E-state index contributed by atoms with van der Waals surface area (Å²) in [6, 6.07) is 6.93. The van der Waals surface area contributed by atoms with Gasteiger partial charge in [-0.1, -0.05) is 18.2 Å². The number of nitrogens with zero attached hydrogens (tertiary/aromatic N) is 1. The Morgan fingerprint density at radius 1 is 1.23 bits per heavy atom. The van der Waals surface area contributed by atoms with Crippen molar-refractivity contribution in [3.63, 3.8) is 0 Å². The lowest BCUT2D eigenvalue weighted by atomic mass is 10.0. The third-order valence-corrected chi connectivity index (χ3v) is 3.40. The van der Waals surface area contributed by atoms with Gasteiger partial charge in [0.05, 0.1) is 11.1 Å². The fourth-order valence-electron chi connectivity index (χ4n) is 1.96. The van der Waals surface area contributed by atoms with E-state index >= 15 is 0 Å². The van der Waals surface area contributed by atoms with E-state index in [4.69, 9.17) is 0 Å². The van der Waals surface area contributed by atoms with E-state index in [1.54, 1.807) is 12.1 Å². The van der Waals surface area contributed by atoms with E-state index < -0.39 is 11.7 Å². The smallest absolute Gasteiger partial charge is 0.352 e. The molecule has 22 heavy (non-hydrogen) atoms. The van der Waals surface area contributed by atoms with Gasteiger partial charge in [-0.2, -0.15) is 13.2 Å². The van der Waals surface area contributed by atoms with Gasteiger partial charge in [-0.3, -0.25) is 9.78 Å². The number of nitrogens with one attached hydrogen (secondary N) is 1. The van der Waals surface area contributed by atoms with Crippen molar-refractivity contribution < 1.29 is 18.0 Å². The summed E-state index contributed by atoms with van der Waals surface area (Å²) in [6.07, 6.45) is -1.36. The molecule has 0 aliphatic heterocycles. The summed E-state index contributed by atoms with van der Waals surface area (Å²) in [4.78, 5) is 15.7. The highest BCUT2D eigenvalue weighted by atomic mass is 79.9. The molecular formula is C15H12BrF3N2O. The molecule has 0 spiro atoms. The number of pyridine rings is 1. The average Bonchev–Trinajstić information content (AvgIpc) is 2.46. The first kappa shape index (κ1) is 16.5. The van der Waals surface area contributed by atoms with Gasteiger partial charge >= 0.3 is 6.18 Å². The molecule has 7 heteroatoms. The Kier molecular flexibility index (Phi) is 5.18. The molecule has 0 unspecified atom stereocenters. The second-order valence-electron chi connectivity index (χ2n) is 4.55. The van der Waals surface area contributed by atoms with Gasteiger partial charge < -0.3 is 5.32 Å². The van der Waals surface area contributed by atoms with E-state index in [0.29, 0.717) is 10.0 Å². The van der Waals surface area contributed by atoms with Crippen LogP contribution < -0.4 is 5.32 Å². The van der Waals surface area contributed by atoms with Gasteiger partial charge in [0, 0.05) is 23.4 Å². The van der Waals surface area contributed by atoms with Crippen molar-refractivity contribution in [2.24, 2.45) is 0 Å². The van der Waals surface area contributed by atoms with Crippen LogP contribution in [0.25, 0.3) is 0 Å². The largest absolute Gasteiger partial charge is 0.416 e. The molecule has 116 valence electrons. The second kappa shape index (κ2) is 6.91. The van der Waals surface area contributed by atoms with Crippen molar-refractivity contribution >= 4 is 21.8 Å². The van der Waals surface area contributed by atoms with E-state index in [-0.39, 0.29) is 24.4 Å². The Morgan fingerprint density at radius 2 is 1.95 bits per heavy atom. The molecule has 1 aromatic carbocycles. The number of halogens is 4. The van der Waals surface area contributed by atoms with E-state index in [0.717, 1.165) is 6.07 Å². The normalized spacial score (nSPS) is 11.3. The number of carbonyl (C=O) groups is 1. The third-order valence-electron chi connectivity index (χ3n) is 2.97. The Balaban J connectivity index is 1.99. The molecule has 0 atom stereocenters. The zero-order valence-corrected chi connectivity index (χ0v) is 12.9. The summed E-state index contributed by atoms with van der Waals surface area (Å²) in [6.45, 7) is 0.110. The molecule has 2 rings (SSSR count). The van der Waals surface area contributed by atoms with Gasteiger partial charge in [-0.15, -0.1) is 0 Å². The average molecular weight is 373 g/mol. The van der Waals surface area contributed by atoms with Crippen LogP contribution in [0.15, 0.2) is 47.2 Å². The molecule has 2 aromatic rings. The second-order valence-corrected chi connectivity index (χ2v) is 5.47. The molecule has 0 fully saturated rings. The van der Waals surface area contributed by atoms with Crippen LogP contribution in [0, 0.1) is 0 Å². The summed E-state index contributed by atoms with van der Waals surface area (Å²) >= 11 is 3.20. The SMILES string of the molecule is O=C(NCCc1ccccc1C(F)(F)F)c1cncc(Br)c1. The highest BCUT2D eigenvalue weighted by Crippen LogP contribution is 2.31. The van der Waals surface area contributed by atoms with Gasteiger partial charge in [0.1, 0.15) is 0 Å². The molecule has 0 saturated heterocycles. The summed E-state index contributed by atoms with van der Waals surface area (Å²) < 4.78 is 39.2. The van der Waals surface area contributed by atoms with E-state index in [1.165, 1.54) is 24.5 Å². The van der Waals surface area contributed by atoms with Crippen LogP contribution in [-0.2, 0) is 12.6 Å². The van der Waals surface area contributed by atoms with Crippen molar-refractivity contribution in [2.45, 2.75) is 12.6 Å². The number of amides is 1. The lowest BCUT2D eigenvalue weighted by molar-refractivity contribution is -0.138. The fraction of sp³-hybridized carbons (Fsp3) is 0.200. The highest BCUT2D eigenvalue weighted by Gasteiger charge is 2.32. The molecule has 0 radical (unpaired) electrons. The fourth-order valence-corrected chi connectivity index (χ4v) is 2.33. The van der Waals surface area contributed by atoms with E-state index in [2.05, 4.69) is 26.2 Å². The van der Waals surface area contributed by atoms with Crippen LogP contribution in [0.4, 0.5) is 13.2 Å². The molecule has 0 saturated carbocycles. The number of rotatable bonds is 4. The predicted molar refractivity (Wildman–Crippen MR) is 79.4 cm³/mol. The highest BCUT2D eigenvalue weighted by molar-refractivity contribution is 9.10. The third kappa shape index (κ3) is 4.30. The zero-order valence-electron chi connectivity index (χ0n) is 11.3. The lowest BCUT2D eigenvalue weighted by Crippen LogP contribution is -2.26. The molecule has 3 nitrogen and oxygen atoms in total. The number of aromatic nitrogens is 1. The number of alkyl halides is 3. The molecule has 0 aliphatic rings. The molecule has 1 N–H and O–H groups in total. The van der Waals surface area contributed by atoms with Crippen LogP contribution in [-0.4, -0.2) is 17.4 Å². The Morgan fingerprint density at radius 3 is 2.64 bits per heavy atom. The molecule has 0 bridgehead atoms. The van der Waals surface area contributed by atoms with Gasteiger partial charge in [0.2, 0.25) is 0 Å². The summed E-state index contributed by atoms with van der Waals surface area (Å²) in [5.41, 5.74) is -0.172. The zero-order chi connectivity index (χ0) is 16.2. The van der Waals surface area contributed by atoms with Crippen LogP contribution in [0.5, 0.6) is 0 Å². The van der Waals surface area contributed by atoms with Crippen molar-refractivity contribution in [3.05, 3.63) is 63.9 Å². The number of hydrogen-bond donors (Lipinski definition) is 1. The quantitative estimate of drug-likeness (QED) is 0.885. The van der Waals surface area contributed by atoms with Crippen LogP contribution in [0.2, 0.25) is 0 Å². The monoisotopic (exact) mass is 372 g/mol. The molecule has 1 aromatic heterocycles. The summed E-state index contributed by atoms with van der Waals surface area (Å²) in [5.74, 6) is -0.377. The predicted octanol–water partition coefficient (Wildman–Crippen LogP) is 3.84. The van der Waals surface area contributed by atoms with Crippen molar-refractivity contribution in [1.29, 1.82) is 0 Å². The standard InChI is InChI=1S/C15H12BrF3N2O/c16-12-7-11(8-20-9-12)14(22)21-6-5-10-3-1-2-4-13(10)15(17,18)19/h1-4,7-9H,5-6H2,(H,21,22). The maximum Gasteiger partial charge on any atom is 0.416 e. The number of benzene rings is 1. The molecule has 1 heterocycles. The maximum absolute atomic E-state index is 12.8. The van der Waals surface area contributed by atoms with Crippen LogP contribution in [0.1, 0.15) is 21.5 Å². The topological polar surface area (TPSA) is 42.0 Å². The minimum Gasteiger partial charge on any atom is -0.352 e. The van der Waals surface area contributed by atoms with Gasteiger partial charge in [0.25, 0.3) is 5.91 Å². The van der Waals surface area contributed by atoms with Crippen LogP contribution >= 0.6 is 15.9 Å². The first-order valence-corrected chi connectivity index (χ1v) is 7.21. The summed E-state index contributed by atoms with van der Waals surface area (Å²) in [7, 11) is 0. The first-order chi connectivity index (χ1) is 10.4. The summed E-state index contributed by atoms with van der Waals surface area (Å²) in [5, 5.41) is 2.59. The van der Waals surface area contributed by atoms with Gasteiger partial charge in [-0.25, -0.2) is 0 Å². The maximum atomic E-state index is 12.8. The van der Waals surface area contributed by atoms with E-state index in [9.17, 15) is 18.0 Å². The molecular weight excluding hydrogens is 361 g/mol. The lowest BCUT2D eigenvalue weighted by Gasteiger charge is -2.12. The Hall–Kier alpha value is -1.89. The van der Waals surface area contributed by atoms with E-state index in [1.807, 2.05) is 0 Å². The minimum atomic E-state index is -4.39. The molecule has 0 aliphatic carbocycles. The van der Waals surface area contributed by atoms with Gasteiger partial charge in [0.15, 0.2) is 0 Å². The molecule has 1 amide bonds. The number of hydrogen-bond acceptors (Lipinski definition) is 2. The number of carbonyl (C=O) groups excluding carboxylic acids is 1. The van der Waals surface area contributed by atoms with Gasteiger partial charge in [-0.05, 0) is 40.0 Å².